The molecule has 33 heavy (non-hydrogen) atoms. The van der Waals surface area contributed by atoms with Crippen LogP contribution < -0.4 is 14.8 Å². The lowest BCUT2D eigenvalue weighted by atomic mass is 9.95. The number of ether oxygens (including phenoxy) is 2. The van der Waals surface area contributed by atoms with Crippen molar-refractivity contribution < 1.29 is 19.1 Å². The predicted molar refractivity (Wildman–Crippen MR) is 129 cm³/mol. The monoisotopic (exact) mass is 452 g/mol. The number of hydrogen-bond donors (Lipinski definition) is 1. The fourth-order valence-corrected chi connectivity index (χ4v) is 4.36. The quantitative estimate of drug-likeness (QED) is 0.576. The van der Waals surface area contributed by atoms with Crippen LogP contribution in [0.15, 0.2) is 48.5 Å². The summed E-state index contributed by atoms with van der Waals surface area (Å²) in [4.78, 5) is 28.1. The van der Waals surface area contributed by atoms with Crippen molar-refractivity contribution in [3.63, 3.8) is 0 Å². The largest absolute Gasteiger partial charge is 0.493 e. The van der Waals surface area contributed by atoms with Gasteiger partial charge in [-0.25, -0.2) is 0 Å². The van der Waals surface area contributed by atoms with Gasteiger partial charge >= 0.3 is 0 Å². The van der Waals surface area contributed by atoms with E-state index in [2.05, 4.69) is 5.32 Å². The number of aryl methyl sites for hydroxylation is 1. The van der Waals surface area contributed by atoms with Crippen LogP contribution in [0.25, 0.3) is 0 Å². The highest BCUT2D eigenvalue weighted by Gasteiger charge is 2.28. The number of benzene rings is 2. The van der Waals surface area contributed by atoms with Crippen molar-refractivity contribution >= 4 is 11.8 Å². The number of amides is 2. The van der Waals surface area contributed by atoms with Crippen LogP contribution in [0, 0.1) is 0 Å². The normalized spacial score (nSPS) is 14.9. The first-order valence-electron chi connectivity index (χ1n) is 11.9. The molecule has 6 nitrogen and oxygen atoms in total. The average Bonchev–Trinajstić information content (AvgIpc) is 2.86. The molecule has 1 aliphatic carbocycles. The number of carbonyl (C=O) groups is 2. The molecule has 0 radical (unpaired) electrons. The van der Waals surface area contributed by atoms with Gasteiger partial charge in [0.2, 0.25) is 11.8 Å². The SMILES string of the molecule is COc1ccc(CCC(=O)N(Cc2ccccc2)[C@H](C)C(=O)NC2CCCCC2)cc1OC. The van der Waals surface area contributed by atoms with Gasteiger partial charge in [-0.05, 0) is 49.4 Å². The van der Waals surface area contributed by atoms with Crippen LogP contribution in [0.5, 0.6) is 11.5 Å². The molecule has 0 aromatic heterocycles. The van der Waals surface area contributed by atoms with Crippen molar-refractivity contribution in [2.24, 2.45) is 0 Å². The molecule has 1 aliphatic rings. The second kappa shape index (κ2) is 12.3. The van der Waals surface area contributed by atoms with Gasteiger partial charge in [-0.3, -0.25) is 9.59 Å². The molecule has 3 rings (SSSR count). The van der Waals surface area contributed by atoms with E-state index < -0.39 is 6.04 Å². The van der Waals surface area contributed by atoms with E-state index in [9.17, 15) is 9.59 Å². The lowest BCUT2D eigenvalue weighted by Gasteiger charge is -2.31. The Hall–Kier alpha value is -3.02. The molecule has 1 atom stereocenters. The molecule has 2 aromatic carbocycles. The van der Waals surface area contributed by atoms with Crippen LogP contribution >= 0.6 is 0 Å². The van der Waals surface area contributed by atoms with Crippen LogP contribution in [0.2, 0.25) is 0 Å². The van der Waals surface area contributed by atoms with Crippen molar-refractivity contribution in [2.75, 3.05) is 14.2 Å². The molecule has 2 aromatic rings. The Morgan fingerprint density at radius 1 is 0.970 bits per heavy atom. The van der Waals surface area contributed by atoms with E-state index in [1.54, 1.807) is 19.1 Å². The summed E-state index contributed by atoms with van der Waals surface area (Å²) >= 11 is 0. The fraction of sp³-hybridized carbons (Fsp3) is 0.481. The minimum absolute atomic E-state index is 0.0417. The minimum atomic E-state index is -0.537. The number of rotatable bonds is 10. The van der Waals surface area contributed by atoms with Crippen LogP contribution in [0.3, 0.4) is 0 Å². The van der Waals surface area contributed by atoms with Gasteiger partial charge in [0.25, 0.3) is 0 Å². The van der Waals surface area contributed by atoms with Gasteiger partial charge in [0.1, 0.15) is 6.04 Å². The zero-order chi connectivity index (χ0) is 23.6. The standard InChI is InChI=1S/C27H36N2O4/c1-20(27(31)28-23-12-8-5-9-13-23)29(19-22-10-6-4-7-11-22)26(30)17-15-21-14-16-24(32-2)25(18-21)33-3/h4,6-7,10-11,14,16,18,20,23H,5,8-9,12-13,15,17,19H2,1-3H3,(H,28,31)/t20-/m1/s1. The number of nitrogens with one attached hydrogen (secondary N) is 1. The van der Waals surface area contributed by atoms with Gasteiger partial charge in [0.05, 0.1) is 14.2 Å². The first kappa shape index (κ1) is 24.6. The molecular formula is C27H36N2O4. The third-order valence-electron chi connectivity index (χ3n) is 6.39. The van der Waals surface area contributed by atoms with Crippen LogP contribution in [-0.2, 0) is 22.6 Å². The third-order valence-corrected chi connectivity index (χ3v) is 6.39. The van der Waals surface area contributed by atoms with Gasteiger partial charge in [-0.1, -0.05) is 55.7 Å². The first-order valence-corrected chi connectivity index (χ1v) is 11.9. The second-order valence-corrected chi connectivity index (χ2v) is 8.72. The van der Waals surface area contributed by atoms with E-state index in [-0.39, 0.29) is 17.9 Å². The minimum Gasteiger partial charge on any atom is -0.493 e. The maximum Gasteiger partial charge on any atom is 0.242 e. The lowest BCUT2D eigenvalue weighted by Crippen LogP contribution is -2.50. The Labute approximate surface area is 197 Å². The van der Waals surface area contributed by atoms with E-state index in [1.807, 2.05) is 55.5 Å². The molecular weight excluding hydrogens is 416 g/mol. The molecule has 1 N–H and O–H groups in total. The van der Waals surface area contributed by atoms with E-state index in [1.165, 1.54) is 6.42 Å². The molecule has 0 unspecified atom stereocenters. The molecule has 1 fully saturated rings. The van der Waals surface area contributed by atoms with E-state index in [0.717, 1.165) is 36.8 Å². The zero-order valence-corrected chi connectivity index (χ0v) is 20.0. The van der Waals surface area contributed by atoms with E-state index >= 15 is 0 Å². The molecule has 0 spiro atoms. The molecule has 6 heteroatoms. The zero-order valence-electron chi connectivity index (χ0n) is 20.0. The van der Waals surface area contributed by atoms with Crippen molar-refractivity contribution in [3.05, 3.63) is 59.7 Å². The van der Waals surface area contributed by atoms with Crippen LogP contribution in [-0.4, -0.2) is 43.0 Å². The number of methoxy groups -OCH3 is 2. The van der Waals surface area contributed by atoms with Gasteiger partial charge in [0.15, 0.2) is 11.5 Å². The summed E-state index contributed by atoms with van der Waals surface area (Å²) in [5, 5.41) is 3.18. The Kier molecular flexibility index (Phi) is 9.16. The molecule has 0 heterocycles. The molecule has 2 amide bonds. The summed E-state index contributed by atoms with van der Waals surface area (Å²) in [6, 6.07) is 15.2. The summed E-state index contributed by atoms with van der Waals surface area (Å²) in [6.45, 7) is 2.24. The number of hydrogen-bond acceptors (Lipinski definition) is 4. The fourth-order valence-electron chi connectivity index (χ4n) is 4.36. The van der Waals surface area contributed by atoms with Crippen molar-refractivity contribution in [3.8, 4) is 11.5 Å². The van der Waals surface area contributed by atoms with Gasteiger partial charge < -0.3 is 19.7 Å². The predicted octanol–water partition coefficient (Wildman–Crippen LogP) is 4.50. The molecule has 0 saturated heterocycles. The number of carbonyl (C=O) groups excluding carboxylic acids is 2. The van der Waals surface area contributed by atoms with Crippen molar-refractivity contribution in [1.82, 2.24) is 10.2 Å². The lowest BCUT2D eigenvalue weighted by molar-refractivity contribution is -0.141. The summed E-state index contributed by atoms with van der Waals surface area (Å²) < 4.78 is 10.7. The Bertz CT molecular complexity index is 910. The summed E-state index contributed by atoms with van der Waals surface area (Å²) in [5.74, 6) is 1.19. The maximum atomic E-state index is 13.3. The highest BCUT2D eigenvalue weighted by molar-refractivity contribution is 5.87. The highest BCUT2D eigenvalue weighted by atomic mass is 16.5. The average molecular weight is 453 g/mol. The van der Waals surface area contributed by atoms with Gasteiger partial charge in [-0.15, -0.1) is 0 Å². The van der Waals surface area contributed by atoms with E-state index in [0.29, 0.717) is 30.9 Å². The molecule has 1 saturated carbocycles. The number of nitrogens with zero attached hydrogens (tertiary/aromatic N) is 1. The first-order chi connectivity index (χ1) is 16.0. The second-order valence-electron chi connectivity index (χ2n) is 8.72. The Balaban J connectivity index is 1.69. The van der Waals surface area contributed by atoms with Crippen LogP contribution in [0.1, 0.15) is 56.6 Å². The molecule has 0 aliphatic heterocycles. The van der Waals surface area contributed by atoms with Gasteiger partial charge in [-0.2, -0.15) is 0 Å². The summed E-state index contributed by atoms with van der Waals surface area (Å²) in [5.41, 5.74) is 1.99. The maximum absolute atomic E-state index is 13.3. The van der Waals surface area contributed by atoms with Crippen molar-refractivity contribution in [2.45, 2.75) is 70.5 Å². The van der Waals surface area contributed by atoms with Crippen molar-refractivity contribution in [1.29, 1.82) is 0 Å². The topological polar surface area (TPSA) is 67.9 Å². The van der Waals surface area contributed by atoms with Crippen LogP contribution in [0.4, 0.5) is 0 Å². The molecule has 0 bridgehead atoms. The summed E-state index contributed by atoms with van der Waals surface area (Å²) in [6.07, 6.45) is 6.44. The Morgan fingerprint density at radius 2 is 1.67 bits per heavy atom. The smallest absolute Gasteiger partial charge is 0.242 e. The Morgan fingerprint density at radius 3 is 2.33 bits per heavy atom. The third kappa shape index (κ3) is 6.98. The van der Waals surface area contributed by atoms with Gasteiger partial charge in [0, 0.05) is 19.0 Å². The molecule has 178 valence electrons. The van der Waals surface area contributed by atoms with E-state index in [4.69, 9.17) is 9.47 Å². The highest BCUT2D eigenvalue weighted by Crippen LogP contribution is 2.28. The summed E-state index contributed by atoms with van der Waals surface area (Å²) in [7, 11) is 3.20.